The first-order valence-corrected chi connectivity index (χ1v) is 7.74. The molecule has 22 heavy (non-hydrogen) atoms. The largest absolute Gasteiger partial charge is 0.496 e. The lowest BCUT2D eigenvalue weighted by Crippen LogP contribution is -2.55. The van der Waals surface area contributed by atoms with E-state index in [0.717, 1.165) is 18.5 Å². The second-order valence-corrected chi connectivity index (χ2v) is 6.01. The Hall–Kier alpha value is -1.75. The Morgan fingerprint density at radius 2 is 1.82 bits per heavy atom. The summed E-state index contributed by atoms with van der Waals surface area (Å²) in [6, 6.07) is 3.92. The van der Waals surface area contributed by atoms with E-state index in [4.69, 9.17) is 9.47 Å². The van der Waals surface area contributed by atoms with Crippen LogP contribution in [0.25, 0.3) is 0 Å². The van der Waals surface area contributed by atoms with Crippen molar-refractivity contribution in [3.05, 3.63) is 23.3 Å². The summed E-state index contributed by atoms with van der Waals surface area (Å²) in [6.45, 7) is 7.20. The highest BCUT2D eigenvalue weighted by Gasteiger charge is 2.29. The molecule has 1 aromatic carbocycles. The molecule has 1 aliphatic heterocycles. The summed E-state index contributed by atoms with van der Waals surface area (Å²) in [5.41, 5.74) is 1.45. The van der Waals surface area contributed by atoms with Gasteiger partial charge in [0.05, 0.1) is 14.2 Å². The Labute approximate surface area is 132 Å². The van der Waals surface area contributed by atoms with Crippen LogP contribution in [0.4, 0.5) is 0 Å². The number of amides is 1. The monoisotopic (exact) mass is 306 g/mol. The molecule has 0 radical (unpaired) electrons. The molecule has 0 spiro atoms. The number of ether oxygens (including phenoxy) is 2. The van der Waals surface area contributed by atoms with Crippen LogP contribution in [-0.4, -0.2) is 38.8 Å². The molecule has 1 amide bonds. The molecule has 1 fully saturated rings. The van der Waals surface area contributed by atoms with Gasteiger partial charge in [-0.15, -0.1) is 0 Å². The van der Waals surface area contributed by atoms with Crippen LogP contribution in [0.2, 0.25) is 0 Å². The van der Waals surface area contributed by atoms with E-state index in [9.17, 15) is 4.79 Å². The number of carbonyl (C=O) groups is 1. The average molecular weight is 306 g/mol. The first-order chi connectivity index (χ1) is 10.5. The van der Waals surface area contributed by atoms with Gasteiger partial charge in [0.2, 0.25) is 0 Å². The highest BCUT2D eigenvalue weighted by Crippen LogP contribution is 2.29. The van der Waals surface area contributed by atoms with Crippen LogP contribution < -0.4 is 20.1 Å². The van der Waals surface area contributed by atoms with Crippen molar-refractivity contribution in [3.8, 4) is 11.5 Å². The molecule has 3 atom stereocenters. The third-order valence-electron chi connectivity index (χ3n) is 4.53. The quantitative estimate of drug-likeness (QED) is 0.894. The van der Waals surface area contributed by atoms with E-state index in [1.807, 2.05) is 6.92 Å². The van der Waals surface area contributed by atoms with Crippen molar-refractivity contribution in [3.63, 3.8) is 0 Å². The number of hydrogen-bond acceptors (Lipinski definition) is 4. The lowest BCUT2D eigenvalue weighted by molar-refractivity contribution is 0.0897. The van der Waals surface area contributed by atoms with Gasteiger partial charge in [0.1, 0.15) is 11.5 Å². The third kappa shape index (κ3) is 3.35. The second kappa shape index (κ2) is 7.01. The number of methoxy groups -OCH3 is 2. The molecule has 1 heterocycles. The Kier molecular flexibility index (Phi) is 5.29. The SMILES string of the molecule is COc1cc(C(=O)NC2C(C)CCNC2C)cc(OC)c1C. The Bertz CT molecular complexity index is 510. The number of rotatable bonds is 4. The number of piperidine rings is 1. The summed E-state index contributed by atoms with van der Waals surface area (Å²) in [4.78, 5) is 12.6. The molecule has 1 aliphatic rings. The maximum absolute atomic E-state index is 12.6. The normalized spacial score (nSPS) is 24.7. The number of carbonyl (C=O) groups excluding carboxylic acids is 1. The first-order valence-electron chi connectivity index (χ1n) is 7.74. The molecule has 0 aromatic heterocycles. The minimum absolute atomic E-state index is 0.0935. The van der Waals surface area contributed by atoms with E-state index in [1.165, 1.54) is 0 Å². The van der Waals surface area contributed by atoms with Crippen LogP contribution in [0.3, 0.4) is 0 Å². The van der Waals surface area contributed by atoms with Crippen molar-refractivity contribution in [2.45, 2.75) is 39.3 Å². The second-order valence-electron chi connectivity index (χ2n) is 6.01. The highest BCUT2D eigenvalue weighted by molar-refractivity contribution is 5.95. The lowest BCUT2D eigenvalue weighted by Gasteiger charge is -2.36. The molecule has 122 valence electrons. The zero-order valence-corrected chi connectivity index (χ0v) is 14.0. The molecule has 0 aliphatic carbocycles. The van der Waals surface area contributed by atoms with Gasteiger partial charge in [0.15, 0.2) is 0 Å². The van der Waals surface area contributed by atoms with Crippen molar-refractivity contribution in [2.24, 2.45) is 5.92 Å². The van der Waals surface area contributed by atoms with Gasteiger partial charge in [-0.05, 0) is 44.9 Å². The maximum atomic E-state index is 12.6. The predicted molar refractivity (Wildman–Crippen MR) is 86.8 cm³/mol. The van der Waals surface area contributed by atoms with Crippen molar-refractivity contribution in [1.82, 2.24) is 10.6 Å². The van der Waals surface area contributed by atoms with Gasteiger partial charge < -0.3 is 20.1 Å². The molecule has 3 unspecified atom stereocenters. The van der Waals surface area contributed by atoms with Gasteiger partial charge in [-0.1, -0.05) is 6.92 Å². The van der Waals surface area contributed by atoms with Crippen molar-refractivity contribution in [2.75, 3.05) is 20.8 Å². The zero-order chi connectivity index (χ0) is 16.3. The molecule has 2 N–H and O–H groups in total. The minimum atomic E-state index is -0.0935. The summed E-state index contributed by atoms with van der Waals surface area (Å²) in [5, 5.41) is 6.55. The first kappa shape index (κ1) is 16.6. The molecular formula is C17H26N2O3. The van der Waals surface area contributed by atoms with Gasteiger partial charge in [-0.25, -0.2) is 0 Å². The van der Waals surface area contributed by atoms with Crippen LogP contribution in [0, 0.1) is 12.8 Å². The molecule has 0 bridgehead atoms. The van der Waals surface area contributed by atoms with E-state index in [1.54, 1.807) is 26.4 Å². The van der Waals surface area contributed by atoms with Crippen molar-refractivity contribution in [1.29, 1.82) is 0 Å². The van der Waals surface area contributed by atoms with Gasteiger partial charge in [0, 0.05) is 23.2 Å². The number of hydrogen-bond donors (Lipinski definition) is 2. The van der Waals surface area contributed by atoms with E-state index < -0.39 is 0 Å². The zero-order valence-electron chi connectivity index (χ0n) is 14.0. The van der Waals surface area contributed by atoms with Crippen LogP contribution in [0.15, 0.2) is 12.1 Å². The Morgan fingerprint density at radius 1 is 1.23 bits per heavy atom. The summed E-state index contributed by atoms with van der Waals surface area (Å²) in [7, 11) is 3.19. The highest BCUT2D eigenvalue weighted by atomic mass is 16.5. The molecule has 5 heteroatoms. The molecule has 2 rings (SSSR count). The smallest absolute Gasteiger partial charge is 0.251 e. The molecule has 5 nitrogen and oxygen atoms in total. The summed E-state index contributed by atoms with van der Waals surface area (Å²) >= 11 is 0. The summed E-state index contributed by atoms with van der Waals surface area (Å²) in [5.74, 6) is 1.68. The average Bonchev–Trinajstić information content (AvgIpc) is 2.51. The van der Waals surface area contributed by atoms with Crippen LogP contribution >= 0.6 is 0 Å². The third-order valence-corrected chi connectivity index (χ3v) is 4.53. The Balaban J connectivity index is 2.22. The summed E-state index contributed by atoms with van der Waals surface area (Å²) in [6.07, 6.45) is 1.07. The van der Waals surface area contributed by atoms with Gasteiger partial charge >= 0.3 is 0 Å². The Morgan fingerprint density at radius 3 is 2.32 bits per heavy atom. The minimum Gasteiger partial charge on any atom is -0.496 e. The van der Waals surface area contributed by atoms with E-state index in [2.05, 4.69) is 24.5 Å². The van der Waals surface area contributed by atoms with E-state index >= 15 is 0 Å². The number of nitrogens with one attached hydrogen (secondary N) is 2. The van der Waals surface area contributed by atoms with Gasteiger partial charge in [-0.2, -0.15) is 0 Å². The maximum Gasteiger partial charge on any atom is 0.251 e. The molecule has 1 aromatic rings. The summed E-state index contributed by atoms with van der Waals surface area (Å²) < 4.78 is 10.7. The fourth-order valence-corrected chi connectivity index (χ4v) is 3.06. The van der Waals surface area contributed by atoms with Crippen molar-refractivity contribution < 1.29 is 14.3 Å². The predicted octanol–water partition coefficient (Wildman–Crippen LogP) is 2.13. The standard InChI is InChI=1S/C17H26N2O3/c1-10-6-7-18-12(3)16(10)19-17(20)13-8-14(21-4)11(2)15(9-13)22-5/h8-10,12,16,18H,6-7H2,1-5H3,(H,19,20). The van der Waals surface area contributed by atoms with E-state index in [-0.39, 0.29) is 18.0 Å². The topological polar surface area (TPSA) is 59.6 Å². The molecule has 1 saturated heterocycles. The van der Waals surface area contributed by atoms with Crippen LogP contribution in [0.1, 0.15) is 36.2 Å². The number of benzene rings is 1. The van der Waals surface area contributed by atoms with Crippen molar-refractivity contribution >= 4 is 5.91 Å². The molecule has 0 saturated carbocycles. The van der Waals surface area contributed by atoms with E-state index in [0.29, 0.717) is 23.0 Å². The van der Waals surface area contributed by atoms with Crippen LogP contribution in [0.5, 0.6) is 11.5 Å². The lowest BCUT2D eigenvalue weighted by atomic mass is 9.89. The fourth-order valence-electron chi connectivity index (χ4n) is 3.06. The van der Waals surface area contributed by atoms with Gasteiger partial charge in [-0.3, -0.25) is 4.79 Å². The van der Waals surface area contributed by atoms with Crippen LogP contribution in [-0.2, 0) is 0 Å². The molecular weight excluding hydrogens is 280 g/mol. The fraction of sp³-hybridized carbons (Fsp3) is 0.588. The van der Waals surface area contributed by atoms with Gasteiger partial charge in [0.25, 0.3) is 5.91 Å².